The number of alkyl halides is 3. The van der Waals surface area contributed by atoms with Crippen LogP contribution < -0.4 is 0 Å². The van der Waals surface area contributed by atoms with Crippen molar-refractivity contribution in [1.82, 2.24) is 34.3 Å². The van der Waals surface area contributed by atoms with Crippen molar-refractivity contribution in [3.8, 4) is 0 Å². The number of rotatable bonds is 2. The van der Waals surface area contributed by atoms with E-state index in [1.165, 1.54) is 58.4 Å². The Bertz CT molecular complexity index is 702. The van der Waals surface area contributed by atoms with Crippen LogP contribution >= 0.6 is 0 Å². The highest BCUT2D eigenvalue weighted by molar-refractivity contribution is 4.79. The molecule has 6 fully saturated rings. The average molecular weight is 654 g/mol. The van der Waals surface area contributed by atoms with Gasteiger partial charge in [0.05, 0.1) is 18.8 Å². The Kier molecular flexibility index (Phi) is 21.6. The molecule has 4 atom stereocenters. The number of aliphatic hydroxyl groups excluding tert-OH is 1. The van der Waals surface area contributed by atoms with E-state index in [-0.39, 0.29) is 19.1 Å². The van der Waals surface area contributed by atoms with E-state index in [2.05, 4.69) is 59.7 Å². The van der Waals surface area contributed by atoms with Gasteiger partial charge in [0, 0.05) is 71.9 Å². The third kappa shape index (κ3) is 21.1. The van der Waals surface area contributed by atoms with Gasteiger partial charge in [-0.1, -0.05) is 0 Å². The van der Waals surface area contributed by atoms with Crippen LogP contribution in [0.15, 0.2) is 0 Å². The van der Waals surface area contributed by atoms with E-state index in [4.69, 9.17) is 9.84 Å². The summed E-state index contributed by atoms with van der Waals surface area (Å²) >= 11 is 0. The summed E-state index contributed by atoms with van der Waals surface area (Å²) in [5.41, 5.74) is 0. The molecular formula is C33H70F3N7O2. The first-order valence-electron chi connectivity index (χ1n) is 17.1. The maximum absolute atomic E-state index is 12.2. The van der Waals surface area contributed by atoms with Crippen molar-refractivity contribution in [1.29, 1.82) is 0 Å². The van der Waals surface area contributed by atoms with E-state index >= 15 is 0 Å². The molecule has 45 heavy (non-hydrogen) atoms. The van der Waals surface area contributed by atoms with E-state index in [1.54, 1.807) is 19.1 Å². The molecule has 6 aliphatic heterocycles. The van der Waals surface area contributed by atoms with Gasteiger partial charge in [-0.25, -0.2) is 13.2 Å². The van der Waals surface area contributed by atoms with Crippen molar-refractivity contribution in [2.45, 2.75) is 75.3 Å². The van der Waals surface area contributed by atoms with Gasteiger partial charge in [-0.2, -0.15) is 0 Å². The van der Waals surface area contributed by atoms with Gasteiger partial charge in [-0.05, 0) is 115 Å². The Labute approximate surface area is 274 Å². The zero-order valence-corrected chi connectivity index (χ0v) is 30.4. The van der Waals surface area contributed by atoms with Crippen LogP contribution in [-0.4, -0.2) is 212 Å². The fourth-order valence-corrected chi connectivity index (χ4v) is 6.00. The maximum atomic E-state index is 12.2. The lowest BCUT2D eigenvalue weighted by Crippen LogP contribution is -2.30. The monoisotopic (exact) mass is 654 g/mol. The average Bonchev–Trinajstić information content (AvgIpc) is 3.82. The lowest BCUT2D eigenvalue weighted by Gasteiger charge is -2.17. The SMILES string of the molecule is CN1CCC(F)(F)C1.CN1CCC(F)C1.CN1CCC(N(C)C)C1.CN1CCC(O)C1.CN1CCCC1.COC1CCN(C)C1. The molecule has 6 saturated heterocycles. The first kappa shape index (κ1) is 42.5. The summed E-state index contributed by atoms with van der Waals surface area (Å²) in [6.07, 6.45) is 6.98. The van der Waals surface area contributed by atoms with Crippen molar-refractivity contribution in [2.24, 2.45) is 0 Å². The molecule has 6 heterocycles. The van der Waals surface area contributed by atoms with Gasteiger partial charge < -0.3 is 44.1 Å². The number of hydrogen-bond donors (Lipinski definition) is 1. The number of hydrogen-bond acceptors (Lipinski definition) is 9. The highest BCUT2D eigenvalue weighted by Crippen LogP contribution is 2.25. The van der Waals surface area contributed by atoms with Crippen molar-refractivity contribution in [2.75, 3.05) is 142 Å². The summed E-state index contributed by atoms with van der Waals surface area (Å²) in [4.78, 5) is 15.1. The predicted molar refractivity (Wildman–Crippen MR) is 181 cm³/mol. The van der Waals surface area contributed by atoms with Crippen LogP contribution in [0.5, 0.6) is 0 Å². The second-order valence-electron chi connectivity index (χ2n) is 14.3. The molecule has 12 heteroatoms. The zero-order valence-electron chi connectivity index (χ0n) is 30.4. The van der Waals surface area contributed by atoms with Crippen molar-refractivity contribution >= 4 is 0 Å². The lowest BCUT2D eigenvalue weighted by molar-refractivity contribution is 0.0146. The minimum absolute atomic E-state index is 0.0312. The molecule has 270 valence electrons. The Balaban J connectivity index is 0.000000271. The normalized spacial score (nSPS) is 30.8. The number of methoxy groups -OCH3 is 1. The standard InChI is InChI=1S/C7H16N2.C6H13NO.C5H9F2N.C5H10FN.C5H11NO.C5H11N/c1-8(2)7-4-5-9(3)6-7;1-7-4-3-6(5-7)8-2;1-8-3-2-5(6,7)4-8;1-7-3-2-5(6)4-7;1-6-3-2-5(7)4-6;1-6-4-2-3-5-6/h7H,4-6H2,1-3H3;6H,3-5H2,1-2H3;2-4H2,1H3;5H,2-4H2,1H3;5,7H,2-4H2,1H3;2-5H2,1H3. The van der Waals surface area contributed by atoms with Crippen LogP contribution in [0.25, 0.3) is 0 Å². The van der Waals surface area contributed by atoms with Gasteiger partial charge in [0.2, 0.25) is 0 Å². The topological polar surface area (TPSA) is 52.1 Å². The molecule has 0 aromatic rings. The molecule has 0 aliphatic carbocycles. The van der Waals surface area contributed by atoms with Crippen LogP contribution in [0.3, 0.4) is 0 Å². The minimum Gasteiger partial charge on any atom is -0.392 e. The molecule has 6 aliphatic rings. The molecule has 0 radical (unpaired) electrons. The molecule has 0 aromatic heterocycles. The molecule has 0 saturated carbocycles. The second-order valence-corrected chi connectivity index (χ2v) is 14.3. The molecule has 4 unspecified atom stereocenters. The second kappa shape index (κ2) is 22.9. The highest BCUT2D eigenvalue weighted by atomic mass is 19.3. The molecule has 0 bridgehead atoms. The highest BCUT2D eigenvalue weighted by Gasteiger charge is 2.36. The largest absolute Gasteiger partial charge is 0.392 e. The summed E-state index contributed by atoms with van der Waals surface area (Å²) in [5.74, 6) is -2.41. The van der Waals surface area contributed by atoms with Gasteiger partial charge in [-0.15, -0.1) is 0 Å². The van der Waals surface area contributed by atoms with Crippen LogP contribution in [0, 0.1) is 0 Å². The number of aliphatic hydroxyl groups is 1. The fraction of sp³-hybridized carbons (Fsp3) is 1.00. The van der Waals surface area contributed by atoms with Crippen molar-refractivity contribution < 1.29 is 23.0 Å². The smallest absolute Gasteiger partial charge is 0.261 e. The van der Waals surface area contributed by atoms with Gasteiger partial charge in [0.25, 0.3) is 5.92 Å². The number of halogens is 3. The number of β-amino-alcohol motifs (C(OH)–C–C–N with tert-alkyl or cyclic N) is 1. The molecular weight excluding hydrogens is 583 g/mol. The first-order valence-corrected chi connectivity index (χ1v) is 17.1. The van der Waals surface area contributed by atoms with Crippen LogP contribution in [0.4, 0.5) is 13.2 Å². The first-order chi connectivity index (χ1) is 21.1. The third-order valence-corrected chi connectivity index (χ3v) is 9.17. The summed E-state index contributed by atoms with van der Waals surface area (Å²) in [5, 5.41) is 8.86. The minimum atomic E-state index is -2.41. The Morgan fingerprint density at radius 1 is 0.644 bits per heavy atom. The summed E-state index contributed by atoms with van der Waals surface area (Å²) in [7, 11) is 18.3. The number of ether oxygens (including phenoxy) is 1. The van der Waals surface area contributed by atoms with E-state index in [9.17, 15) is 13.2 Å². The third-order valence-electron chi connectivity index (χ3n) is 9.17. The van der Waals surface area contributed by atoms with Gasteiger partial charge in [0.15, 0.2) is 0 Å². The Morgan fingerprint density at radius 3 is 1.36 bits per heavy atom. The quantitative estimate of drug-likeness (QED) is 0.485. The van der Waals surface area contributed by atoms with Crippen LogP contribution in [0.1, 0.15) is 44.9 Å². The van der Waals surface area contributed by atoms with E-state index in [0.29, 0.717) is 19.2 Å². The van der Waals surface area contributed by atoms with Gasteiger partial charge in [-0.3, -0.25) is 0 Å². The molecule has 0 aromatic carbocycles. The molecule has 9 nitrogen and oxygen atoms in total. The Morgan fingerprint density at radius 2 is 1.18 bits per heavy atom. The maximum Gasteiger partial charge on any atom is 0.261 e. The van der Waals surface area contributed by atoms with Crippen molar-refractivity contribution in [3.05, 3.63) is 0 Å². The van der Waals surface area contributed by atoms with Gasteiger partial charge >= 0.3 is 0 Å². The van der Waals surface area contributed by atoms with Crippen LogP contribution in [0.2, 0.25) is 0 Å². The molecule has 0 amide bonds. The lowest BCUT2D eigenvalue weighted by atomic mass is 10.2. The van der Waals surface area contributed by atoms with Crippen molar-refractivity contribution in [3.63, 3.8) is 0 Å². The van der Waals surface area contributed by atoms with Crippen LogP contribution in [-0.2, 0) is 4.74 Å². The fourth-order valence-electron chi connectivity index (χ4n) is 6.00. The summed E-state index contributed by atoms with van der Waals surface area (Å²) in [6, 6.07) is 0.801. The molecule has 0 spiro atoms. The van der Waals surface area contributed by atoms with E-state index in [1.807, 2.05) is 19.0 Å². The van der Waals surface area contributed by atoms with E-state index in [0.717, 1.165) is 45.1 Å². The van der Waals surface area contributed by atoms with E-state index < -0.39 is 12.1 Å². The summed E-state index contributed by atoms with van der Waals surface area (Å²) in [6.45, 7) is 11.4. The number of likely N-dealkylation sites (N-methyl/N-ethyl adjacent to an activating group) is 4. The zero-order chi connectivity index (χ0) is 34.0. The summed E-state index contributed by atoms with van der Waals surface area (Å²) < 4.78 is 41.6. The molecule has 6 rings (SSSR count). The predicted octanol–water partition coefficient (Wildman–Crippen LogP) is 2.60. The van der Waals surface area contributed by atoms with Gasteiger partial charge in [0.1, 0.15) is 6.17 Å². The molecule has 1 N–H and O–H groups in total. The number of likely N-dealkylation sites (tertiary alicyclic amines) is 6. The number of nitrogens with zero attached hydrogens (tertiary/aromatic N) is 7. The Hall–Kier alpha value is -0.570.